The maximum atomic E-state index is 12.0. The van der Waals surface area contributed by atoms with Crippen molar-refractivity contribution in [1.82, 2.24) is 0 Å². The van der Waals surface area contributed by atoms with E-state index in [4.69, 9.17) is 4.74 Å². The van der Waals surface area contributed by atoms with Gasteiger partial charge in [-0.05, 0) is 18.3 Å². The van der Waals surface area contributed by atoms with Crippen LogP contribution < -0.4 is 0 Å². The highest BCUT2D eigenvalue weighted by molar-refractivity contribution is 5.69. The molecule has 0 spiro atoms. The molecule has 138 valence electrons. The first kappa shape index (κ1) is 22.5. The molecule has 0 saturated heterocycles. The molecule has 2 nitrogen and oxygen atoms in total. The highest BCUT2D eigenvalue weighted by Crippen LogP contribution is 2.20. The Kier molecular flexibility index (Phi) is 14.7. The Labute approximate surface area is 145 Å². The zero-order valence-electron chi connectivity index (χ0n) is 16.5. The quantitative estimate of drug-likeness (QED) is 0.241. The third-order valence-electron chi connectivity index (χ3n) is 4.86. The summed E-state index contributed by atoms with van der Waals surface area (Å²) in [6.45, 7) is 10.9. The summed E-state index contributed by atoms with van der Waals surface area (Å²) >= 11 is 0. The van der Waals surface area contributed by atoms with Crippen LogP contribution in [0.5, 0.6) is 0 Å². The maximum absolute atomic E-state index is 12.0. The summed E-state index contributed by atoms with van der Waals surface area (Å²) in [7, 11) is 0. The lowest BCUT2D eigenvalue weighted by Crippen LogP contribution is -2.29. The van der Waals surface area contributed by atoms with Gasteiger partial charge in [-0.3, -0.25) is 4.79 Å². The van der Waals surface area contributed by atoms with Gasteiger partial charge in [-0.15, -0.1) is 0 Å². The van der Waals surface area contributed by atoms with Crippen LogP contribution in [0.2, 0.25) is 0 Å². The third kappa shape index (κ3) is 12.5. The van der Waals surface area contributed by atoms with E-state index in [1.807, 2.05) is 0 Å². The molecule has 2 unspecified atom stereocenters. The van der Waals surface area contributed by atoms with Crippen molar-refractivity contribution in [3.8, 4) is 0 Å². The lowest BCUT2D eigenvalue weighted by Gasteiger charge is -2.26. The number of hydrogen-bond donors (Lipinski definition) is 0. The number of carbonyl (C=O) groups excluding carboxylic acids is 1. The Morgan fingerprint density at radius 2 is 1.26 bits per heavy atom. The number of carbonyl (C=O) groups is 1. The molecule has 0 bridgehead atoms. The van der Waals surface area contributed by atoms with E-state index in [2.05, 4.69) is 34.6 Å². The number of hydrogen-bond acceptors (Lipinski definition) is 2. The molecule has 0 heterocycles. The molecule has 0 saturated carbocycles. The predicted octanol–water partition coefficient (Wildman–Crippen LogP) is 6.91. The van der Waals surface area contributed by atoms with E-state index in [0.717, 1.165) is 12.8 Å². The minimum absolute atomic E-state index is 0.00330. The van der Waals surface area contributed by atoms with E-state index in [1.54, 1.807) is 0 Å². The van der Waals surface area contributed by atoms with Crippen LogP contribution in [0.15, 0.2) is 0 Å². The van der Waals surface area contributed by atoms with Crippen molar-refractivity contribution in [2.75, 3.05) is 0 Å². The molecule has 0 aromatic carbocycles. The lowest BCUT2D eigenvalue weighted by molar-refractivity contribution is -0.154. The highest BCUT2D eigenvalue weighted by Gasteiger charge is 2.23. The highest BCUT2D eigenvalue weighted by atomic mass is 16.5. The van der Waals surface area contributed by atoms with Crippen molar-refractivity contribution in [3.05, 3.63) is 0 Å². The number of esters is 1. The average Bonchev–Trinajstić information content (AvgIpc) is 2.53. The molecule has 0 aliphatic heterocycles. The van der Waals surface area contributed by atoms with Gasteiger partial charge in [-0.25, -0.2) is 0 Å². The van der Waals surface area contributed by atoms with Gasteiger partial charge in [-0.1, -0.05) is 98.8 Å². The number of unbranched alkanes of at least 4 members (excludes halogenated alkanes) is 9. The van der Waals surface area contributed by atoms with E-state index in [1.165, 1.54) is 57.8 Å². The largest absolute Gasteiger partial charge is 0.462 e. The molecule has 2 atom stereocenters. The average molecular weight is 327 g/mol. The fraction of sp³-hybridized carbons (Fsp3) is 0.952. The number of ether oxygens (including phenoxy) is 1. The first-order valence-corrected chi connectivity index (χ1v) is 10.2. The first-order chi connectivity index (χ1) is 11.0. The van der Waals surface area contributed by atoms with Crippen LogP contribution in [-0.4, -0.2) is 12.1 Å². The van der Waals surface area contributed by atoms with Gasteiger partial charge in [0.05, 0.1) is 0 Å². The van der Waals surface area contributed by atoms with Gasteiger partial charge >= 0.3 is 5.97 Å². The summed E-state index contributed by atoms with van der Waals surface area (Å²) in [5, 5.41) is 0. The molecular formula is C21H42O2. The van der Waals surface area contributed by atoms with Gasteiger partial charge in [0, 0.05) is 6.42 Å². The van der Waals surface area contributed by atoms with Gasteiger partial charge in [0.1, 0.15) is 6.10 Å². The maximum Gasteiger partial charge on any atom is 0.306 e. The zero-order chi connectivity index (χ0) is 17.5. The minimum Gasteiger partial charge on any atom is -0.462 e. The molecule has 0 aromatic heterocycles. The van der Waals surface area contributed by atoms with Gasteiger partial charge in [0.2, 0.25) is 0 Å². The molecule has 0 rings (SSSR count). The van der Waals surface area contributed by atoms with E-state index in [-0.39, 0.29) is 12.1 Å². The normalized spacial score (nSPS) is 14.0. The zero-order valence-corrected chi connectivity index (χ0v) is 16.5. The molecule has 0 N–H and O–H groups in total. The van der Waals surface area contributed by atoms with Gasteiger partial charge in [-0.2, -0.15) is 0 Å². The molecule has 2 heteroatoms. The van der Waals surface area contributed by atoms with Crippen molar-refractivity contribution in [2.24, 2.45) is 11.8 Å². The molecule has 0 amide bonds. The fourth-order valence-corrected chi connectivity index (χ4v) is 3.11. The van der Waals surface area contributed by atoms with E-state index in [9.17, 15) is 4.79 Å². The van der Waals surface area contributed by atoms with Crippen LogP contribution >= 0.6 is 0 Å². The second-order valence-corrected chi connectivity index (χ2v) is 7.52. The topological polar surface area (TPSA) is 26.3 Å². The second kappa shape index (κ2) is 15.0. The summed E-state index contributed by atoms with van der Waals surface area (Å²) in [4.78, 5) is 12.0. The van der Waals surface area contributed by atoms with Crippen LogP contribution in [0.4, 0.5) is 0 Å². The third-order valence-corrected chi connectivity index (χ3v) is 4.86. The monoisotopic (exact) mass is 326 g/mol. The predicted molar refractivity (Wildman–Crippen MR) is 101 cm³/mol. The Hall–Kier alpha value is -0.530. The van der Waals surface area contributed by atoms with Crippen LogP contribution in [0.3, 0.4) is 0 Å². The standard InChI is InChI=1S/C21H42O2/c1-6-8-9-10-11-12-13-14-15-16-17-20(22)23-21(18(3)4)19(5)7-2/h18-19,21H,6-17H2,1-5H3. The first-order valence-electron chi connectivity index (χ1n) is 10.2. The Morgan fingerprint density at radius 3 is 1.70 bits per heavy atom. The van der Waals surface area contributed by atoms with Crippen molar-refractivity contribution in [3.63, 3.8) is 0 Å². The Morgan fingerprint density at radius 1 is 0.783 bits per heavy atom. The van der Waals surface area contributed by atoms with Crippen molar-refractivity contribution in [1.29, 1.82) is 0 Å². The summed E-state index contributed by atoms with van der Waals surface area (Å²) in [5.74, 6) is 0.858. The van der Waals surface area contributed by atoms with Crippen molar-refractivity contribution in [2.45, 2.75) is 118 Å². The summed E-state index contributed by atoms with van der Waals surface area (Å²) in [6, 6.07) is 0. The molecule has 0 aliphatic carbocycles. The van der Waals surface area contributed by atoms with E-state index in [0.29, 0.717) is 18.3 Å². The fourth-order valence-electron chi connectivity index (χ4n) is 3.11. The molecule has 0 radical (unpaired) electrons. The lowest BCUT2D eigenvalue weighted by atomic mass is 9.92. The molecule has 0 fully saturated rings. The smallest absolute Gasteiger partial charge is 0.306 e. The van der Waals surface area contributed by atoms with Crippen LogP contribution in [-0.2, 0) is 9.53 Å². The second-order valence-electron chi connectivity index (χ2n) is 7.52. The SMILES string of the molecule is CCCCCCCCCCCCC(=O)OC(C(C)C)C(C)CC. The minimum atomic E-state index is 0.00330. The van der Waals surface area contributed by atoms with Crippen molar-refractivity contribution >= 4 is 5.97 Å². The van der Waals surface area contributed by atoms with E-state index < -0.39 is 0 Å². The molecule has 0 aliphatic rings. The Balaban J connectivity index is 3.59. The van der Waals surface area contributed by atoms with Gasteiger partial charge in [0.25, 0.3) is 0 Å². The molecule has 23 heavy (non-hydrogen) atoms. The molecular weight excluding hydrogens is 284 g/mol. The van der Waals surface area contributed by atoms with Crippen molar-refractivity contribution < 1.29 is 9.53 Å². The number of rotatable bonds is 15. The van der Waals surface area contributed by atoms with E-state index >= 15 is 0 Å². The van der Waals surface area contributed by atoms with Crippen LogP contribution in [0, 0.1) is 11.8 Å². The van der Waals surface area contributed by atoms with Gasteiger partial charge < -0.3 is 4.74 Å². The Bertz CT molecular complexity index is 273. The van der Waals surface area contributed by atoms with Gasteiger partial charge in [0.15, 0.2) is 0 Å². The summed E-state index contributed by atoms with van der Waals surface area (Å²) in [6.07, 6.45) is 14.7. The summed E-state index contributed by atoms with van der Waals surface area (Å²) in [5.41, 5.74) is 0. The molecule has 0 aromatic rings. The van der Waals surface area contributed by atoms with Crippen LogP contribution in [0.25, 0.3) is 0 Å². The summed E-state index contributed by atoms with van der Waals surface area (Å²) < 4.78 is 5.71. The van der Waals surface area contributed by atoms with Crippen LogP contribution in [0.1, 0.15) is 112 Å².